The summed E-state index contributed by atoms with van der Waals surface area (Å²) in [7, 11) is 1.92. The second-order valence-corrected chi connectivity index (χ2v) is 7.48. The van der Waals surface area contributed by atoms with Gasteiger partial charge in [0.05, 0.1) is 57.5 Å². The zero-order valence-corrected chi connectivity index (χ0v) is 20.9. The average molecular weight is 481 g/mol. The molecule has 0 unspecified atom stereocenters. The number of aromatic nitrogens is 1. The van der Waals surface area contributed by atoms with Gasteiger partial charge in [0.15, 0.2) is 5.82 Å². The topological polar surface area (TPSA) is 144 Å². The summed E-state index contributed by atoms with van der Waals surface area (Å²) in [5.74, 6) is 0.456. The third kappa shape index (κ3) is 11.1. The molecular formula is C23H40N6O5. The van der Waals surface area contributed by atoms with Gasteiger partial charge in [-0.3, -0.25) is 4.79 Å². The van der Waals surface area contributed by atoms with Crippen molar-refractivity contribution in [2.24, 2.45) is 0 Å². The molecule has 0 aliphatic carbocycles. The molecule has 0 bridgehead atoms. The second-order valence-electron chi connectivity index (χ2n) is 7.48. The van der Waals surface area contributed by atoms with Gasteiger partial charge in [-0.05, 0) is 39.4 Å². The molecule has 0 aromatic carbocycles. The molecule has 0 aliphatic rings. The summed E-state index contributed by atoms with van der Waals surface area (Å²) in [6, 6.07) is 2.17. The first-order valence-corrected chi connectivity index (χ1v) is 11.6. The van der Waals surface area contributed by atoms with Gasteiger partial charge in [-0.2, -0.15) is 5.26 Å². The van der Waals surface area contributed by atoms with E-state index in [-0.39, 0.29) is 11.7 Å². The molecule has 11 nitrogen and oxygen atoms in total. The molecule has 1 heterocycles. The molecule has 34 heavy (non-hydrogen) atoms. The van der Waals surface area contributed by atoms with Crippen molar-refractivity contribution in [3.8, 4) is 6.07 Å². The molecule has 1 rings (SSSR count). The van der Waals surface area contributed by atoms with E-state index in [0.29, 0.717) is 82.0 Å². The predicted molar refractivity (Wildman–Crippen MR) is 132 cm³/mol. The van der Waals surface area contributed by atoms with E-state index in [1.165, 1.54) is 6.92 Å². The van der Waals surface area contributed by atoms with E-state index in [4.69, 9.17) is 24.7 Å². The van der Waals surface area contributed by atoms with Crippen LogP contribution in [-0.2, 0) is 23.7 Å². The minimum atomic E-state index is -0.278. The highest BCUT2D eigenvalue weighted by Gasteiger charge is 2.19. The van der Waals surface area contributed by atoms with Crippen LogP contribution in [0.3, 0.4) is 0 Å². The highest BCUT2D eigenvalue weighted by molar-refractivity contribution is 5.92. The molecule has 192 valence electrons. The number of hydrogen-bond acceptors (Lipinski definition) is 10. The Balaban J connectivity index is 2.30. The van der Waals surface area contributed by atoms with Crippen LogP contribution in [0.4, 0.5) is 17.3 Å². The van der Waals surface area contributed by atoms with Gasteiger partial charge in [0.1, 0.15) is 11.9 Å². The molecule has 0 saturated heterocycles. The number of rotatable bonds is 19. The van der Waals surface area contributed by atoms with Crippen molar-refractivity contribution in [1.29, 1.82) is 5.26 Å². The number of nitrogen functional groups attached to an aromatic ring is 1. The van der Waals surface area contributed by atoms with E-state index in [1.54, 1.807) is 6.92 Å². The van der Waals surface area contributed by atoms with Crippen LogP contribution in [0, 0.1) is 18.3 Å². The van der Waals surface area contributed by atoms with Gasteiger partial charge in [0.25, 0.3) is 0 Å². The zero-order valence-electron chi connectivity index (χ0n) is 20.9. The Labute approximate surface area is 202 Å². The van der Waals surface area contributed by atoms with E-state index in [2.05, 4.69) is 21.7 Å². The van der Waals surface area contributed by atoms with E-state index in [0.717, 1.165) is 19.6 Å². The van der Waals surface area contributed by atoms with Gasteiger partial charge in [-0.1, -0.05) is 0 Å². The summed E-state index contributed by atoms with van der Waals surface area (Å²) in [5, 5.41) is 15.3. The molecular weight excluding hydrogens is 440 g/mol. The Morgan fingerprint density at radius 1 is 1.06 bits per heavy atom. The number of likely N-dealkylation sites (N-methyl/N-ethyl adjacent to an activating group) is 1. The van der Waals surface area contributed by atoms with Crippen LogP contribution < -0.4 is 21.3 Å². The molecule has 1 aromatic rings. The quantitative estimate of drug-likeness (QED) is 0.248. The molecule has 1 amide bonds. The highest BCUT2D eigenvalue weighted by Crippen LogP contribution is 2.30. The Morgan fingerprint density at radius 2 is 1.62 bits per heavy atom. The fraction of sp³-hybridized carbons (Fsp3) is 0.696. The SMILES string of the molecule is CCN(CCOCCOCCOCCOCCCNC)c1nc(NC(C)=O)c(N)c(C)c1C#N. The Kier molecular flexibility index (Phi) is 15.6. The number of carbonyl (C=O) groups excluding carboxylic acids is 1. The lowest BCUT2D eigenvalue weighted by atomic mass is 10.1. The number of pyridine rings is 1. The molecule has 0 aliphatic heterocycles. The van der Waals surface area contributed by atoms with Crippen molar-refractivity contribution in [1.82, 2.24) is 10.3 Å². The first kappa shape index (κ1) is 29.5. The third-order valence-corrected chi connectivity index (χ3v) is 4.90. The minimum Gasteiger partial charge on any atom is -0.395 e. The standard InChI is InChI=1S/C23H40N6O5/c1-5-29(23-20(17-24)18(2)21(25)22(28-23)27-19(3)30)8-10-32-12-14-34-16-15-33-13-11-31-9-6-7-26-4/h26H,5-16,25H2,1-4H3,(H,27,28,30). The number of carbonyl (C=O) groups is 1. The number of anilines is 3. The van der Waals surface area contributed by atoms with Crippen LogP contribution in [0.25, 0.3) is 0 Å². The summed E-state index contributed by atoms with van der Waals surface area (Å²) >= 11 is 0. The van der Waals surface area contributed by atoms with E-state index < -0.39 is 0 Å². The van der Waals surface area contributed by atoms with E-state index >= 15 is 0 Å². The molecule has 0 atom stereocenters. The van der Waals surface area contributed by atoms with Gasteiger partial charge >= 0.3 is 0 Å². The van der Waals surface area contributed by atoms with Crippen LogP contribution >= 0.6 is 0 Å². The van der Waals surface area contributed by atoms with E-state index in [1.807, 2.05) is 18.9 Å². The van der Waals surface area contributed by atoms with Crippen LogP contribution in [0.5, 0.6) is 0 Å². The van der Waals surface area contributed by atoms with Crippen LogP contribution in [0.1, 0.15) is 31.4 Å². The third-order valence-electron chi connectivity index (χ3n) is 4.90. The van der Waals surface area contributed by atoms with Crippen LogP contribution in [0.2, 0.25) is 0 Å². The number of ether oxygens (including phenoxy) is 4. The van der Waals surface area contributed by atoms with Gasteiger partial charge in [-0.25, -0.2) is 4.98 Å². The van der Waals surface area contributed by atoms with Gasteiger partial charge in [-0.15, -0.1) is 0 Å². The summed E-state index contributed by atoms with van der Waals surface area (Å²) in [6.45, 7) is 11.4. The maximum atomic E-state index is 11.5. The fourth-order valence-electron chi connectivity index (χ4n) is 3.03. The van der Waals surface area contributed by atoms with Crippen molar-refractivity contribution < 1.29 is 23.7 Å². The van der Waals surface area contributed by atoms with Crippen molar-refractivity contribution in [2.45, 2.75) is 27.2 Å². The molecule has 4 N–H and O–H groups in total. The van der Waals surface area contributed by atoms with Crippen LogP contribution in [-0.4, -0.2) is 90.4 Å². The van der Waals surface area contributed by atoms with Crippen molar-refractivity contribution >= 4 is 23.2 Å². The summed E-state index contributed by atoms with van der Waals surface area (Å²) in [4.78, 5) is 17.8. The Bertz CT molecular complexity index is 771. The molecule has 0 radical (unpaired) electrons. The lowest BCUT2D eigenvalue weighted by Gasteiger charge is -2.25. The molecule has 1 aromatic heterocycles. The molecule has 0 fully saturated rings. The number of nitrogens with zero attached hydrogens (tertiary/aromatic N) is 3. The first-order chi connectivity index (χ1) is 16.5. The van der Waals surface area contributed by atoms with Crippen molar-refractivity contribution in [2.75, 3.05) is 95.5 Å². The van der Waals surface area contributed by atoms with Crippen molar-refractivity contribution in [3.05, 3.63) is 11.1 Å². The summed E-state index contributed by atoms with van der Waals surface area (Å²) < 4.78 is 22.1. The Hall–Kier alpha value is -2.49. The number of nitrogens with one attached hydrogen (secondary N) is 2. The van der Waals surface area contributed by atoms with Crippen LogP contribution in [0.15, 0.2) is 0 Å². The first-order valence-electron chi connectivity index (χ1n) is 11.6. The monoisotopic (exact) mass is 480 g/mol. The maximum absolute atomic E-state index is 11.5. The van der Waals surface area contributed by atoms with Gasteiger partial charge in [0.2, 0.25) is 5.91 Å². The molecule has 0 spiro atoms. The fourth-order valence-corrected chi connectivity index (χ4v) is 3.03. The highest BCUT2D eigenvalue weighted by atomic mass is 16.6. The number of hydrogen-bond donors (Lipinski definition) is 3. The average Bonchev–Trinajstić information content (AvgIpc) is 2.81. The molecule has 11 heteroatoms. The zero-order chi connectivity index (χ0) is 25.2. The largest absolute Gasteiger partial charge is 0.395 e. The number of amides is 1. The predicted octanol–water partition coefficient (Wildman–Crippen LogP) is 1.30. The number of nitriles is 1. The normalized spacial score (nSPS) is 10.8. The smallest absolute Gasteiger partial charge is 0.222 e. The molecule has 0 saturated carbocycles. The van der Waals surface area contributed by atoms with Crippen molar-refractivity contribution in [3.63, 3.8) is 0 Å². The second kappa shape index (κ2) is 17.9. The number of nitrogens with two attached hydrogens (primary N) is 1. The summed E-state index contributed by atoms with van der Waals surface area (Å²) in [5.41, 5.74) is 7.32. The lowest BCUT2D eigenvalue weighted by molar-refractivity contribution is -0.114. The van der Waals surface area contributed by atoms with E-state index in [9.17, 15) is 10.1 Å². The Morgan fingerprint density at radius 3 is 2.12 bits per heavy atom. The van der Waals surface area contributed by atoms with Gasteiger partial charge < -0.3 is 40.2 Å². The lowest BCUT2D eigenvalue weighted by Crippen LogP contribution is -2.30. The minimum absolute atomic E-state index is 0.259. The maximum Gasteiger partial charge on any atom is 0.222 e. The summed E-state index contributed by atoms with van der Waals surface area (Å²) in [6.07, 6.45) is 0.989. The van der Waals surface area contributed by atoms with Gasteiger partial charge in [0, 0.05) is 26.6 Å².